The molecule has 2 heteroatoms. The fourth-order valence-electron chi connectivity index (χ4n) is 5.32. The highest BCUT2D eigenvalue weighted by molar-refractivity contribution is 5.32. The van der Waals surface area contributed by atoms with Crippen molar-refractivity contribution in [3.05, 3.63) is 35.4 Å². The molecular formula is C20H29NO. The van der Waals surface area contributed by atoms with Crippen LogP contribution < -0.4 is 5.32 Å². The number of benzene rings is 1. The van der Waals surface area contributed by atoms with E-state index in [1.165, 1.54) is 62.5 Å². The largest absolute Gasteiger partial charge is 0.388 e. The highest BCUT2D eigenvalue weighted by Gasteiger charge is 2.47. The van der Waals surface area contributed by atoms with Gasteiger partial charge in [-0.25, -0.2) is 0 Å². The van der Waals surface area contributed by atoms with Crippen molar-refractivity contribution in [2.45, 2.75) is 81.9 Å². The summed E-state index contributed by atoms with van der Waals surface area (Å²) in [5.74, 6) is 0.534. The Balaban J connectivity index is 1.55. The normalized spacial score (nSPS) is 38.1. The van der Waals surface area contributed by atoms with Gasteiger partial charge in [0.25, 0.3) is 0 Å². The lowest BCUT2D eigenvalue weighted by atomic mass is 9.64. The summed E-state index contributed by atoms with van der Waals surface area (Å²) in [6.07, 6.45) is 12.1. The van der Waals surface area contributed by atoms with Crippen LogP contribution in [0.3, 0.4) is 0 Å². The van der Waals surface area contributed by atoms with Crippen LogP contribution in [0.4, 0.5) is 0 Å². The summed E-state index contributed by atoms with van der Waals surface area (Å²) in [6, 6.07) is 9.63. The lowest BCUT2D eigenvalue weighted by Crippen LogP contribution is -2.59. The van der Waals surface area contributed by atoms with Crippen LogP contribution in [0.5, 0.6) is 0 Å². The molecule has 0 aliphatic heterocycles. The molecule has 4 rings (SSSR count). The van der Waals surface area contributed by atoms with Crippen molar-refractivity contribution in [1.82, 2.24) is 5.32 Å². The quantitative estimate of drug-likeness (QED) is 0.860. The van der Waals surface area contributed by atoms with Gasteiger partial charge >= 0.3 is 0 Å². The zero-order valence-electron chi connectivity index (χ0n) is 13.6. The van der Waals surface area contributed by atoms with Gasteiger partial charge in [-0.1, -0.05) is 43.5 Å². The number of aliphatic hydroxyl groups is 1. The van der Waals surface area contributed by atoms with Crippen LogP contribution in [0.15, 0.2) is 24.3 Å². The highest BCUT2D eigenvalue weighted by atomic mass is 16.3. The molecule has 0 saturated heterocycles. The van der Waals surface area contributed by atoms with Gasteiger partial charge < -0.3 is 10.4 Å². The van der Waals surface area contributed by atoms with E-state index in [4.69, 9.17) is 0 Å². The van der Waals surface area contributed by atoms with Crippen LogP contribution in [0.1, 0.15) is 75.0 Å². The van der Waals surface area contributed by atoms with Crippen molar-refractivity contribution < 1.29 is 5.11 Å². The summed E-state index contributed by atoms with van der Waals surface area (Å²) in [6.45, 7) is 0. The van der Waals surface area contributed by atoms with E-state index in [0.29, 0.717) is 18.0 Å². The summed E-state index contributed by atoms with van der Waals surface area (Å²) in [5.41, 5.74) is 2.55. The minimum absolute atomic E-state index is 0.294. The van der Waals surface area contributed by atoms with Crippen molar-refractivity contribution >= 4 is 0 Å². The third-order valence-electron chi connectivity index (χ3n) is 6.51. The van der Waals surface area contributed by atoms with E-state index in [9.17, 15) is 5.11 Å². The van der Waals surface area contributed by atoms with Crippen LogP contribution in [0.2, 0.25) is 0 Å². The third-order valence-corrected chi connectivity index (χ3v) is 6.51. The minimum Gasteiger partial charge on any atom is -0.388 e. The second kappa shape index (κ2) is 5.98. The zero-order valence-corrected chi connectivity index (χ0v) is 13.6. The van der Waals surface area contributed by atoms with Gasteiger partial charge in [0.2, 0.25) is 0 Å². The predicted molar refractivity (Wildman–Crippen MR) is 89.8 cm³/mol. The van der Waals surface area contributed by atoms with E-state index in [1.807, 2.05) is 0 Å². The number of hydrogen-bond donors (Lipinski definition) is 2. The van der Waals surface area contributed by atoms with Gasteiger partial charge in [-0.3, -0.25) is 0 Å². The lowest BCUT2D eigenvalue weighted by Gasteiger charge is -2.50. The van der Waals surface area contributed by atoms with Crippen LogP contribution >= 0.6 is 0 Å². The maximum atomic E-state index is 11.4. The monoisotopic (exact) mass is 299 g/mol. The van der Waals surface area contributed by atoms with Crippen molar-refractivity contribution in [3.8, 4) is 0 Å². The molecule has 0 aromatic heterocycles. The summed E-state index contributed by atoms with van der Waals surface area (Å²) < 4.78 is 0. The Bertz CT molecular complexity index is 526. The first-order valence-electron chi connectivity index (χ1n) is 9.33. The summed E-state index contributed by atoms with van der Waals surface area (Å²) in [4.78, 5) is 0. The predicted octanol–water partition coefficient (Wildman–Crippen LogP) is 4.13. The van der Waals surface area contributed by atoms with Gasteiger partial charge in [0.1, 0.15) is 0 Å². The maximum Gasteiger partial charge on any atom is 0.0828 e. The van der Waals surface area contributed by atoms with Gasteiger partial charge in [0, 0.05) is 12.1 Å². The number of hydrogen-bond acceptors (Lipinski definition) is 2. The average Bonchev–Trinajstić information content (AvgIpc) is 2.56. The molecule has 2 unspecified atom stereocenters. The van der Waals surface area contributed by atoms with E-state index >= 15 is 0 Å². The molecule has 0 amide bonds. The van der Waals surface area contributed by atoms with Gasteiger partial charge in [0.05, 0.1) is 5.60 Å². The third kappa shape index (κ3) is 2.51. The van der Waals surface area contributed by atoms with Crippen molar-refractivity contribution in [2.24, 2.45) is 5.92 Å². The van der Waals surface area contributed by atoms with Crippen LogP contribution in [-0.2, 0) is 6.42 Å². The number of nitrogens with one attached hydrogen (secondary N) is 1. The SMILES string of the molecule is O[C@]12CCCC[C@@H]1CCCC2NC1CCCc2ccccc21. The standard InChI is InChI=1S/C20H29NO/c22-20-14-4-3-9-16(20)10-6-13-19(20)21-18-12-5-8-15-7-1-2-11-17(15)18/h1-2,7,11,16,18-19,21-22H,3-6,8-10,12-14H2/t16-,18?,19?,20-/m1/s1. The Morgan fingerprint density at radius 1 is 0.955 bits per heavy atom. The van der Waals surface area contributed by atoms with Gasteiger partial charge in [0.15, 0.2) is 0 Å². The molecule has 0 bridgehead atoms. The number of fused-ring (bicyclic) bond motifs is 2. The second-order valence-corrected chi connectivity index (χ2v) is 7.73. The Hall–Kier alpha value is -0.860. The molecule has 2 saturated carbocycles. The molecule has 120 valence electrons. The molecule has 22 heavy (non-hydrogen) atoms. The highest BCUT2D eigenvalue weighted by Crippen LogP contribution is 2.45. The van der Waals surface area contributed by atoms with Crippen molar-refractivity contribution in [3.63, 3.8) is 0 Å². The lowest BCUT2D eigenvalue weighted by molar-refractivity contribution is -0.101. The molecule has 3 aliphatic rings. The second-order valence-electron chi connectivity index (χ2n) is 7.73. The van der Waals surface area contributed by atoms with E-state index in [-0.39, 0.29) is 0 Å². The minimum atomic E-state index is -0.442. The van der Waals surface area contributed by atoms with Gasteiger partial charge in [-0.05, 0) is 62.0 Å². The maximum absolute atomic E-state index is 11.4. The first-order valence-corrected chi connectivity index (χ1v) is 9.33. The molecule has 2 nitrogen and oxygen atoms in total. The average molecular weight is 299 g/mol. The summed E-state index contributed by atoms with van der Waals surface area (Å²) in [7, 11) is 0. The van der Waals surface area contributed by atoms with E-state index in [1.54, 1.807) is 0 Å². The Morgan fingerprint density at radius 2 is 1.82 bits per heavy atom. The summed E-state index contributed by atoms with van der Waals surface area (Å²) in [5, 5.41) is 15.3. The number of rotatable bonds is 2. The Labute approximate surface area is 134 Å². The molecule has 2 N–H and O–H groups in total. The van der Waals surface area contributed by atoms with Gasteiger partial charge in [-0.15, -0.1) is 0 Å². The van der Waals surface area contributed by atoms with Crippen LogP contribution in [0.25, 0.3) is 0 Å². The molecule has 3 aliphatic carbocycles. The zero-order chi connectivity index (χ0) is 15.0. The van der Waals surface area contributed by atoms with E-state index in [0.717, 1.165) is 12.8 Å². The summed E-state index contributed by atoms with van der Waals surface area (Å²) >= 11 is 0. The smallest absolute Gasteiger partial charge is 0.0828 e. The first kappa shape index (κ1) is 14.7. The van der Waals surface area contributed by atoms with Crippen LogP contribution in [0, 0.1) is 5.92 Å². The molecule has 0 heterocycles. The van der Waals surface area contributed by atoms with Crippen molar-refractivity contribution in [2.75, 3.05) is 0 Å². The Morgan fingerprint density at radius 3 is 2.77 bits per heavy atom. The Kier molecular flexibility index (Phi) is 4.00. The van der Waals surface area contributed by atoms with Crippen molar-refractivity contribution in [1.29, 1.82) is 0 Å². The molecule has 0 radical (unpaired) electrons. The fraction of sp³-hybridized carbons (Fsp3) is 0.700. The molecule has 2 fully saturated rings. The molecule has 0 spiro atoms. The molecule has 4 atom stereocenters. The fourth-order valence-corrected chi connectivity index (χ4v) is 5.32. The van der Waals surface area contributed by atoms with Crippen LogP contribution in [-0.4, -0.2) is 16.7 Å². The number of aryl methyl sites for hydroxylation is 1. The van der Waals surface area contributed by atoms with E-state index in [2.05, 4.69) is 29.6 Å². The topological polar surface area (TPSA) is 32.3 Å². The first-order chi connectivity index (χ1) is 10.8. The molecule has 1 aromatic rings. The van der Waals surface area contributed by atoms with Gasteiger partial charge in [-0.2, -0.15) is 0 Å². The molecule has 1 aromatic carbocycles. The molecular weight excluding hydrogens is 270 g/mol. The van der Waals surface area contributed by atoms with E-state index < -0.39 is 5.60 Å².